The lowest BCUT2D eigenvalue weighted by atomic mass is 9.80. The van der Waals surface area contributed by atoms with Crippen molar-refractivity contribution in [2.45, 2.75) is 19.8 Å². The van der Waals surface area contributed by atoms with E-state index in [0.29, 0.717) is 22.9 Å². The normalized spacial score (nSPS) is 15.6. The highest BCUT2D eigenvalue weighted by molar-refractivity contribution is 5.74. The summed E-state index contributed by atoms with van der Waals surface area (Å²) in [6, 6.07) is 6.95. The number of ether oxygens (including phenoxy) is 1. The maximum atomic E-state index is 9.66. The lowest BCUT2D eigenvalue weighted by Gasteiger charge is -2.31. The summed E-state index contributed by atoms with van der Waals surface area (Å²) in [6.07, 6.45) is 0. The van der Waals surface area contributed by atoms with Crippen LogP contribution in [0.3, 0.4) is 0 Å². The molecule has 1 aliphatic rings. The fourth-order valence-corrected chi connectivity index (χ4v) is 2.93. The average Bonchev–Trinajstić information content (AvgIpc) is 2.45. The Bertz CT molecular complexity index is 809. The van der Waals surface area contributed by atoms with Gasteiger partial charge in [0.15, 0.2) is 0 Å². The Balaban J connectivity index is 2.31. The number of phenolic OH excluding ortho intramolecular Hbond substituents is 1. The Morgan fingerprint density at radius 3 is 2.73 bits per heavy atom. The van der Waals surface area contributed by atoms with Gasteiger partial charge in [-0.25, -0.2) is 0 Å². The van der Waals surface area contributed by atoms with Crippen molar-refractivity contribution in [2.75, 3.05) is 11.5 Å². The van der Waals surface area contributed by atoms with Crippen LogP contribution in [0.5, 0.6) is 17.4 Å². The SMILES string of the molecule is CC(C)[C@@H]1c2ccc(O)cc2Oc2nc(N)c(C#N)c(N)c21. The minimum Gasteiger partial charge on any atom is -0.508 e. The van der Waals surface area contributed by atoms with Crippen LogP contribution >= 0.6 is 0 Å². The molecule has 0 radical (unpaired) electrons. The molecule has 0 amide bonds. The molecule has 2 heterocycles. The number of nitrogen functional groups attached to an aromatic ring is 2. The van der Waals surface area contributed by atoms with Crippen LogP contribution in [0.4, 0.5) is 11.5 Å². The molecule has 6 heteroatoms. The molecule has 1 aromatic heterocycles. The minimum atomic E-state index is -0.0838. The van der Waals surface area contributed by atoms with Crippen LogP contribution in [0.2, 0.25) is 0 Å². The number of rotatable bonds is 1. The van der Waals surface area contributed by atoms with Crippen molar-refractivity contribution >= 4 is 11.5 Å². The summed E-state index contributed by atoms with van der Waals surface area (Å²) < 4.78 is 5.76. The number of nitrogens with zero attached hydrogens (tertiary/aromatic N) is 2. The van der Waals surface area contributed by atoms with E-state index >= 15 is 0 Å². The standard InChI is InChI=1S/C16H16N4O2/c1-7(2)12-9-4-3-8(21)5-11(9)22-16-13(12)14(18)10(6-17)15(19)20-16/h3-5,7,12,21H,1-2H3,(H4,18,19,20)/t12-/m1/s1. The number of hydrogen-bond acceptors (Lipinski definition) is 6. The van der Waals surface area contributed by atoms with Crippen molar-refractivity contribution in [2.24, 2.45) is 5.92 Å². The molecule has 0 fully saturated rings. The van der Waals surface area contributed by atoms with Crippen LogP contribution < -0.4 is 16.2 Å². The summed E-state index contributed by atoms with van der Waals surface area (Å²) in [7, 11) is 0. The Labute approximate surface area is 128 Å². The van der Waals surface area contributed by atoms with Gasteiger partial charge in [0.1, 0.15) is 28.9 Å². The van der Waals surface area contributed by atoms with Gasteiger partial charge in [0.05, 0.1) is 5.69 Å². The number of aromatic hydroxyl groups is 1. The van der Waals surface area contributed by atoms with Gasteiger partial charge < -0.3 is 21.3 Å². The molecule has 0 spiro atoms. The first-order chi connectivity index (χ1) is 10.4. The number of hydrogen-bond donors (Lipinski definition) is 3. The maximum Gasteiger partial charge on any atom is 0.227 e. The molecule has 1 atom stereocenters. The fourth-order valence-electron chi connectivity index (χ4n) is 2.93. The molecule has 0 saturated heterocycles. The predicted molar refractivity (Wildman–Crippen MR) is 82.6 cm³/mol. The zero-order valence-corrected chi connectivity index (χ0v) is 12.3. The molecular weight excluding hydrogens is 280 g/mol. The Hall–Kier alpha value is -2.94. The summed E-state index contributed by atoms with van der Waals surface area (Å²) >= 11 is 0. The minimum absolute atomic E-state index is 0.0462. The maximum absolute atomic E-state index is 9.66. The van der Waals surface area contributed by atoms with E-state index in [-0.39, 0.29) is 29.0 Å². The number of nitriles is 1. The highest BCUT2D eigenvalue weighted by Crippen LogP contribution is 2.50. The zero-order valence-electron chi connectivity index (χ0n) is 12.3. The van der Waals surface area contributed by atoms with Crippen LogP contribution in [0.25, 0.3) is 0 Å². The van der Waals surface area contributed by atoms with E-state index in [4.69, 9.17) is 16.2 Å². The summed E-state index contributed by atoms with van der Waals surface area (Å²) in [5.74, 6) is 1.10. The number of anilines is 2. The molecule has 1 aromatic carbocycles. The first-order valence-corrected chi connectivity index (χ1v) is 6.93. The Morgan fingerprint density at radius 2 is 2.09 bits per heavy atom. The second-order valence-corrected chi connectivity index (χ2v) is 5.66. The van der Waals surface area contributed by atoms with Gasteiger partial charge >= 0.3 is 0 Å². The quantitative estimate of drug-likeness (QED) is 0.744. The van der Waals surface area contributed by atoms with Crippen molar-refractivity contribution in [3.63, 3.8) is 0 Å². The molecular formula is C16H16N4O2. The molecule has 0 bridgehead atoms. The highest BCUT2D eigenvalue weighted by atomic mass is 16.5. The molecule has 22 heavy (non-hydrogen) atoms. The van der Waals surface area contributed by atoms with Gasteiger partial charge in [-0.05, 0) is 12.0 Å². The second-order valence-electron chi connectivity index (χ2n) is 5.66. The largest absolute Gasteiger partial charge is 0.508 e. The van der Waals surface area contributed by atoms with Crippen molar-refractivity contribution in [1.82, 2.24) is 4.98 Å². The third-order valence-electron chi connectivity index (χ3n) is 3.90. The number of fused-ring (bicyclic) bond motifs is 2. The van der Waals surface area contributed by atoms with Gasteiger partial charge in [0.25, 0.3) is 0 Å². The third kappa shape index (κ3) is 1.91. The molecule has 112 valence electrons. The second kappa shape index (κ2) is 4.81. The van der Waals surface area contributed by atoms with Crippen molar-refractivity contribution in [3.05, 3.63) is 34.9 Å². The fraction of sp³-hybridized carbons (Fsp3) is 0.250. The molecule has 0 aliphatic carbocycles. The van der Waals surface area contributed by atoms with Crippen LogP contribution in [-0.4, -0.2) is 10.1 Å². The summed E-state index contributed by atoms with van der Waals surface area (Å²) in [5, 5.41) is 18.9. The number of aromatic nitrogens is 1. The number of benzene rings is 1. The van der Waals surface area contributed by atoms with Gasteiger partial charge in [-0.1, -0.05) is 19.9 Å². The van der Waals surface area contributed by atoms with Gasteiger partial charge in [-0.2, -0.15) is 10.2 Å². The highest BCUT2D eigenvalue weighted by Gasteiger charge is 2.34. The average molecular weight is 296 g/mol. The number of phenols is 1. The number of pyridine rings is 1. The van der Waals surface area contributed by atoms with Gasteiger partial charge in [0.2, 0.25) is 5.88 Å². The Kier molecular flexibility index (Phi) is 3.06. The van der Waals surface area contributed by atoms with Crippen molar-refractivity contribution in [3.8, 4) is 23.4 Å². The van der Waals surface area contributed by atoms with Crippen molar-refractivity contribution < 1.29 is 9.84 Å². The van der Waals surface area contributed by atoms with Crippen LogP contribution in [-0.2, 0) is 0 Å². The predicted octanol–water partition coefficient (Wildman–Crippen LogP) is 2.72. The summed E-state index contributed by atoms with van der Waals surface area (Å²) in [6.45, 7) is 4.11. The topological polar surface area (TPSA) is 118 Å². The lowest BCUT2D eigenvalue weighted by Crippen LogP contribution is -2.19. The van der Waals surface area contributed by atoms with E-state index in [1.54, 1.807) is 18.2 Å². The van der Waals surface area contributed by atoms with Gasteiger partial charge in [0, 0.05) is 23.1 Å². The lowest BCUT2D eigenvalue weighted by molar-refractivity contribution is 0.399. The van der Waals surface area contributed by atoms with E-state index in [1.807, 2.05) is 6.07 Å². The van der Waals surface area contributed by atoms with E-state index in [1.165, 1.54) is 0 Å². The van der Waals surface area contributed by atoms with E-state index in [0.717, 1.165) is 5.56 Å². The third-order valence-corrected chi connectivity index (χ3v) is 3.90. The summed E-state index contributed by atoms with van der Waals surface area (Å²) in [4.78, 5) is 4.18. The molecule has 1 aliphatic heterocycles. The van der Waals surface area contributed by atoms with E-state index in [2.05, 4.69) is 18.8 Å². The molecule has 0 unspecified atom stereocenters. The monoisotopic (exact) mass is 296 g/mol. The molecule has 6 nitrogen and oxygen atoms in total. The van der Waals surface area contributed by atoms with Crippen LogP contribution in [0, 0.1) is 17.2 Å². The first-order valence-electron chi connectivity index (χ1n) is 6.93. The first kappa shape index (κ1) is 14.0. The van der Waals surface area contributed by atoms with E-state index in [9.17, 15) is 10.4 Å². The molecule has 0 saturated carbocycles. The van der Waals surface area contributed by atoms with E-state index < -0.39 is 0 Å². The number of nitrogens with two attached hydrogens (primary N) is 2. The smallest absolute Gasteiger partial charge is 0.227 e. The van der Waals surface area contributed by atoms with Gasteiger partial charge in [-0.15, -0.1) is 0 Å². The zero-order chi connectivity index (χ0) is 16.0. The molecule has 5 N–H and O–H groups in total. The molecule has 2 aromatic rings. The Morgan fingerprint density at radius 1 is 1.36 bits per heavy atom. The summed E-state index contributed by atoms with van der Waals surface area (Å²) in [5.41, 5.74) is 14.0. The van der Waals surface area contributed by atoms with Gasteiger partial charge in [-0.3, -0.25) is 0 Å². The van der Waals surface area contributed by atoms with Crippen LogP contribution in [0.1, 0.15) is 36.5 Å². The van der Waals surface area contributed by atoms with Crippen LogP contribution in [0.15, 0.2) is 18.2 Å². The molecule has 3 rings (SSSR count). The van der Waals surface area contributed by atoms with Crippen molar-refractivity contribution in [1.29, 1.82) is 5.26 Å².